The number of carbonyl (C=O) groups excluding carboxylic acids is 3. The standard InChI is InChI=1S/C14H20N2O3/c17-11-14(8-3-1-2-4-9-14)12(18)16(13(19)15-11)10-6-5-7-10/h10H,1-9H2,(H,15,17,19). The second-order valence-electron chi connectivity index (χ2n) is 6.02. The first-order valence-electron chi connectivity index (χ1n) is 7.34. The van der Waals surface area contributed by atoms with Gasteiger partial charge in [-0.1, -0.05) is 25.7 Å². The van der Waals surface area contributed by atoms with Gasteiger partial charge in [0.1, 0.15) is 5.41 Å². The summed E-state index contributed by atoms with van der Waals surface area (Å²) in [5.74, 6) is -0.590. The molecule has 1 heterocycles. The Bertz CT molecular complexity index is 420. The number of amides is 4. The van der Waals surface area contributed by atoms with Crippen LogP contribution in [0.25, 0.3) is 0 Å². The van der Waals surface area contributed by atoms with E-state index in [-0.39, 0.29) is 17.9 Å². The molecule has 5 nitrogen and oxygen atoms in total. The second-order valence-corrected chi connectivity index (χ2v) is 6.02. The van der Waals surface area contributed by atoms with E-state index in [2.05, 4.69) is 5.32 Å². The first-order chi connectivity index (χ1) is 9.15. The highest BCUT2D eigenvalue weighted by molar-refractivity contribution is 6.19. The van der Waals surface area contributed by atoms with E-state index in [9.17, 15) is 14.4 Å². The summed E-state index contributed by atoms with van der Waals surface area (Å²) < 4.78 is 0. The normalized spacial score (nSPS) is 28.0. The summed E-state index contributed by atoms with van der Waals surface area (Å²) in [5.41, 5.74) is -0.958. The molecule has 0 radical (unpaired) electrons. The Morgan fingerprint density at radius 1 is 0.947 bits per heavy atom. The van der Waals surface area contributed by atoms with Gasteiger partial charge >= 0.3 is 6.03 Å². The molecular formula is C14H20N2O3. The van der Waals surface area contributed by atoms with Crippen molar-refractivity contribution in [3.8, 4) is 0 Å². The van der Waals surface area contributed by atoms with E-state index in [1.165, 1.54) is 4.90 Å². The lowest BCUT2D eigenvalue weighted by Gasteiger charge is -2.44. The highest BCUT2D eigenvalue weighted by atomic mass is 16.2. The van der Waals surface area contributed by atoms with Crippen LogP contribution in [0, 0.1) is 5.41 Å². The Labute approximate surface area is 112 Å². The summed E-state index contributed by atoms with van der Waals surface area (Å²) in [6, 6.07) is -0.490. The highest BCUT2D eigenvalue weighted by Gasteiger charge is 2.55. The molecule has 0 atom stereocenters. The molecule has 5 heteroatoms. The minimum absolute atomic E-state index is 0.0146. The molecule has 0 aromatic carbocycles. The molecule has 0 bridgehead atoms. The SMILES string of the molecule is O=C1NC(=O)C2(CCCCCC2)C(=O)N1C1CCC1. The predicted molar refractivity (Wildman–Crippen MR) is 68.2 cm³/mol. The van der Waals surface area contributed by atoms with Crippen molar-refractivity contribution in [2.75, 3.05) is 0 Å². The molecule has 4 amide bonds. The number of nitrogens with one attached hydrogen (secondary N) is 1. The van der Waals surface area contributed by atoms with E-state index >= 15 is 0 Å². The van der Waals surface area contributed by atoms with E-state index in [1.54, 1.807) is 0 Å². The number of imide groups is 2. The zero-order valence-corrected chi connectivity index (χ0v) is 11.1. The van der Waals surface area contributed by atoms with Gasteiger partial charge in [-0.15, -0.1) is 0 Å². The maximum absolute atomic E-state index is 12.8. The minimum Gasteiger partial charge on any atom is -0.277 e. The number of carbonyl (C=O) groups is 3. The Balaban J connectivity index is 1.91. The molecule has 1 spiro atoms. The Kier molecular flexibility index (Phi) is 3.07. The van der Waals surface area contributed by atoms with E-state index in [1.807, 2.05) is 0 Å². The third-order valence-corrected chi connectivity index (χ3v) is 4.90. The first-order valence-corrected chi connectivity index (χ1v) is 7.34. The van der Waals surface area contributed by atoms with E-state index in [0.29, 0.717) is 12.8 Å². The largest absolute Gasteiger partial charge is 0.331 e. The maximum atomic E-state index is 12.8. The lowest BCUT2D eigenvalue weighted by Crippen LogP contribution is -2.66. The van der Waals surface area contributed by atoms with Crippen LogP contribution in [0.1, 0.15) is 57.8 Å². The fourth-order valence-electron chi connectivity index (χ4n) is 3.45. The topological polar surface area (TPSA) is 66.5 Å². The third-order valence-electron chi connectivity index (χ3n) is 4.90. The summed E-state index contributed by atoms with van der Waals surface area (Å²) in [5, 5.41) is 2.42. The van der Waals surface area contributed by atoms with Crippen molar-refractivity contribution >= 4 is 17.8 Å². The molecule has 0 aromatic heterocycles. The lowest BCUT2D eigenvalue weighted by atomic mass is 9.75. The smallest absolute Gasteiger partial charge is 0.277 e. The molecule has 2 saturated carbocycles. The van der Waals surface area contributed by atoms with Crippen LogP contribution in [0.2, 0.25) is 0 Å². The van der Waals surface area contributed by atoms with Gasteiger partial charge in [0.25, 0.3) is 0 Å². The Hall–Kier alpha value is -1.39. The van der Waals surface area contributed by atoms with Crippen LogP contribution in [0.15, 0.2) is 0 Å². The van der Waals surface area contributed by atoms with Gasteiger partial charge in [0.2, 0.25) is 11.8 Å². The van der Waals surface area contributed by atoms with Crippen LogP contribution in [-0.4, -0.2) is 28.8 Å². The third kappa shape index (κ3) is 1.86. The fourth-order valence-corrected chi connectivity index (χ4v) is 3.45. The van der Waals surface area contributed by atoms with Crippen LogP contribution >= 0.6 is 0 Å². The number of barbiturate groups is 1. The van der Waals surface area contributed by atoms with Crippen LogP contribution in [-0.2, 0) is 9.59 Å². The molecule has 104 valence electrons. The summed E-state index contributed by atoms with van der Waals surface area (Å²) in [6.07, 6.45) is 7.93. The predicted octanol–water partition coefficient (Wildman–Crippen LogP) is 1.96. The molecule has 0 aromatic rings. The van der Waals surface area contributed by atoms with Gasteiger partial charge < -0.3 is 0 Å². The van der Waals surface area contributed by atoms with E-state index in [4.69, 9.17) is 0 Å². The summed E-state index contributed by atoms with van der Waals surface area (Å²) in [6.45, 7) is 0. The van der Waals surface area contributed by atoms with Crippen molar-refractivity contribution in [2.45, 2.75) is 63.8 Å². The zero-order valence-electron chi connectivity index (χ0n) is 11.1. The van der Waals surface area contributed by atoms with Gasteiger partial charge in [0.05, 0.1) is 0 Å². The minimum atomic E-state index is -0.958. The van der Waals surface area contributed by atoms with Gasteiger partial charge in [-0.3, -0.25) is 19.8 Å². The first kappa shape index (κ1) is 12.6. The molecule has 19 heavy (non-hydrogen) atoms. The quantitative estimate of drug-likeness (QED) is 0.736. The number of hydrogen-bond acceptors (Lipinski definition) is 3. The molecule has 1 aliphatic heterocycles. The summed E-state index contributed by atoms with van der Waals surface area (Å²) >= 11 is 0. The zero-order chi connectivity index (χ0) is 13.5. The molecule has 3 rings (SSSR count). The van der Waals surface area contributed by atoms with Crippen molar-refractivity contribution in [3.05, 3.63) is 0 Å². The number of urea groups is 1. The summed E-state index contributed by atoms with van der Waals surface area (Å²) in [7, 11) is 0. The van der Waals surface area contributed by atoms with E-state index < -0.39 is 11.4 Å². The fraction of sp³-hybridized carbons (Fsp3) is 0.786. The second kappa shape index (κ2) is 4.62. The van der Waals surface area contributed by atoms with Crippen molar-refractivity contribution in [2.24, 2.45) is 5.41 Å². The van der Waals surface area contributed by atoms with Crippen molar-refractivity contribution < 1.29 is 14.4 Å². The molecule has 0 unspecified atom stereocenters. The lowest BCUT2D eigenvalue weighted by molar-refractivity contribution is -0.155. The molecule has 1 N–H and O–H groups in total. The molecule has 1 saturated heterocycles. The van der Waals surface area contributed by atoms with Crippen LogP contribution in [0.5, 0.6) is 0 Å². The Morgan fingerprint density at radius 3 is 2.11 bits per heavy atom. The van der Waals surface area contributed by atoms with Crippen molar-refractivity contribution in [1.82, 2.24) is 10.2 Å². The van der Waals surface area contributed by atoms with Gasteiger partial charge in [0, 0.05) is 6.04 Å². The molecular weight excluding hydrogens is 244 g/mol. The van der Waals surface area contributed by atoms with Crippen molar-refractivity contribution in [1.29, 1.82) is 0 Å². The van der Waals surface area contributed by atoms with Crippen LogP contribution < -0.4 is 5.32 Å². The van der Waals surface area contributed by atoms with Gasteiger partial charge in [-0.25, -0.2) is 4.79 Å². The monoisotopic (exact) mass is 264 g/mol. The van der Waals surface area contributed by atoms with Gasteiger partial charge in [-0.05, 0) is 32.1 Å². The van der Waals surface area contributed by atoms with Gasteiger partial charge in [0.15, 0.2) is 0 Å². The van der Waals surface area contributed by atoms with Crippen LogP contribution in [0.4, 0.5) is 4.79 Å². The molecule has 3 fully saturated rings. The number of nitrogens with zero attached hydrogens (tertiary/aromatic N) is 1. The molecule has 3 aliphatic rings. The average molecular weight is 264 g/mol. The number of hydrogen-bond donors (Lipinski definition) is 1. The Morgan fingerprint density at radius 2 is 1.58 bits per heavy atom. The molecule has 2 aliphatic carbocycles. The number of rotatable bonds is 1. The highest BCUT2D eigenvalue weighted by Crippen LogP contribution is 2.41. The van der Waals surface area contributed by atoms with Gasteiger partial charge in [-0.2, -0.15) is 0 Å². The van der Waals surface area contributed by atoms with E-state index in [0.717, 1.165) is 44.9 Å². The summed E-state index contributed by atoms with van der Waals surface area (Å²) in [4.78, 5) is 38.3. The average Bonchev–Trinajstić information content (AvgIpc) is 2.57. The van der Waals surface area contributed by atoms with Crippen LogP contribution in [0.3, 0.4) is 0 Å². The maximum Gasteiger partial charge on any atom is 0.331 e. The van der Waals surface area contributed by atoms with Crippen molar-refractivity contribution in [3.63, 3.8) is 0 Å².